The molecule has 4 rings (SSSR count). The molecule has 1 aliphatic heterocycles. The zero-order valence-corrected chi connectivity index (χ0v) is 12.7. The first-order valence-corrected chi connectivity index (χ1v) is 7.61. The zero-order valence-electron chi connectivity index (χ0n) is 12.7. The molecule has 0 radical (unpaired) electrons. The van der Waals surface area contributed by atoms with Gasteiger partial charge in [0.25, 0.3) is 0 Å². The summed E-state index contributed by atoms with van der Waals surface area (Å²) in [7, 11) is 0. The normalized spacial score (nSPS) is 13.3. The maximum Gasteiger partial charge on any atom is 0.310 e. The van der Waals surface area contributed by atoms with Crippen molar-refractivity contribution in [2.75, 3.05) is 6.61 Å². The number of esters is 1. The molecule has 0 N–H and O–H groups in total. The van der Waals surface area contributed by atoms with Crippen LogP contribution in [0.3, 0.4) is 0 Å². The van der Waals surface area contributed by atoms with Crippen LogP contribution in [0.2, 0.25) is 0 Å². The van der Waals surface area contributed by atoms with Crippen LogP contribution < -0.4 is 4.74 Å². The number of nitrogens with zero attached hydrogens (tertiary/aromatic N) is 1. The topological polar surface area (TPSA) is 48.4 Å². The van der Waals surface area contributed by atoms with Crippen LogP contribution in [0.5, 0.6) is 5.75 Å². The summed E-state index contributed by atoms with van der Waals surface area (Å²) in [6, 6.07) is 14.0. The first kappa shape index (κ1) is 13.8. The number of benzene rings is 2. The van der Waals surface area contributed by atoms with E-state index in [2.05, 4.69) is 6.07 Å². The standard InChI is InChI=1S/C19H15NO3/c1-2-18(21)23-14-10-15-17(22-11-14)8-7-13-9-12-5-3-4-6-16(12)20-19(13)15/h3-10H,2,11H2,1H3. The van der Waals surface area contributed by atoms with Crippen LogP contribution in [-0.4, -0.2) is 17.6 Å². The number of fused-ring (bicyclic) bond motifs is 4. The lowest BCUT2D eigenvalue weighted by Gasteiger charge is -2.18. The van der Waals surface area contributed by atoms with E-state index in [-0.39, 0.29) is 12.6 Å². The summed E-state index contributed by atoms with van der Waals surface area (Å²) < 4.78 is 11.0. The molecule has 0 saturated carbocycles. The van der Waals surface area contributed by atoms with Crippen molar-refractivity contribution in [3.63, 3.8) is 0 Å². The Balaban J connectivity index is 1.90. The highest BCUT2D eigenvalue weighted by Gasteiger charge is 2.18. The second-order valence-electron chi connectivity index (χ2n) is 5.46. The number of hydrogen-bond acceptors (Lipinski definition) is 4. The number of aromatic nitrogens is 1. The molecule has 0 aliphatic carbocycles. The Morgan fingerprint density at radius 2 is 2.09 bits per heavy atom. The van der Waals surface area contributed by atoms with Gasteiger partial charge in [0.05, 0.1) is 11.0 Å². The molecule has 0 saturated heterocycles. The molecule has 2 aromatic carbocycles. The van der Waals surface area contributed by atoms with E-state index in [0.29, 0.717) is 12.2 Å². The van der Waals surface area contributed by atoms with Crippen molar-refractivity contribution in [3.8, 4) is 5.75 Å². The number of rotatable bonds is 2. The lowest BCUT2D eigenvalue weighted by molar-refractivity contribution is -0.139. The van der Waals surface area contributed by atoms with Gasteiger partial charge in [0.15, 0.2) is 0 Å². The van der Waals surface area contributed by atoms with E-state index >= 15 is 0 Å². The molecule has 0 bridgehead atoms. The van der Waals surface area contributed by atoms with Crippen LogP contribution in [0.15, 0.2) is 48.2 Å². The molecular weight excluding hydrogens is 290 g/mol. The van der Waals surface area contributed by atoms with E-state index in [1.165, 1.54) is 0 Å². The number of hydrogen-bond donors (Lipinski definition) is 0. The molecule has 0 atom stereocenters. The van der Waals surface area contributed by atoms with Crippen molar-refractivity contribution in [1.82, 2.24) is 4.98 Å². The summed E-state index contributed by atoms with van der Waals surface area (Å²) in [6.45, 7) is 2.03. The Bertz CT molecular complexity index is 959. The number of ether oxygens (including phenoxy) is 2. The highest BCUT2D eigenvalue weighted by molar-refractivity contribution is 5.98. The van der Waals surface area contributed by atoms with Gasteiger partial charge in [-0.15, -0.1) is 0 Å². The summed E-state index contributed by atoms with van der Waals surface area (Å²) in [5.74, 6) is 1.02. The van der Waals surface area contributed by atoms with Crippen molar-refractivity contribution in [1.29, 1.82) is 0 Å². The molecule has 0 fully saturated rings. The molecule has 3 aromatic rings. The molecule has 2 heterocycles. The molecule has 114 valence electrons. The Labute approximate surface area is 133 Å². The van der Waals surface area contributed by atoms with Gasteiger partial charge in [-0.1, -0.05) is 25.1 Å². The smallest absolute Gasteiger partial charge is 0.310 e. The van der Waals surface area contributed by atoms with Crippen LogP contribution in [0.1, 0.15) is 18.9 Å². The summed E-state index contributed by atoms with van der Waals surface area (Å²) in [4.78, 5) is 16.3. The molecule has 1 aliphatic rings. The third kappa shape index (κ3) is 2.42. The monoisotopic (exact) mass is 305 g/mol. The van der Waals surface area contributed by atoms with Crippen LogP contribution >= 0.6 is 0 Å². The molecule has 4 nitrogen and oxygen atoms in total. The van der Waals surface area contributed by atoms with Crippen LogP contribution in [-0.2, 0) is 9.53 Å². The summed E-state index contributed by atoms with van der Waals surface area (Å²) in [5.41, 5.74) is 2.64. The van der Waals surface area contributed by atoms with Crippen molar-refractivity contribution in [2.24, 2.45) is 0 Å². The SMILES string of the molecule is CCC(=O)OC1=Cc2c(ccc3cc4ccccc4nc23)OC1. The highest BCUT2D eigenvalue weighted by atomic mass is 16.6. The van der Waals surface area contributed by atoms with Gasteiger partial charge in [0.2, 0.25) is 0 Å². The van der Waals surface area contributed by atoms with Crippen LogP contribution in [0.4, 0.5) is 0 Å². The van der Waals surface area contributed by atoms with Gasteiger partial charge >= 0.3 is 5.97 Å². The van der Waals surface area contributed by atoms with Crippen molar-refractivity contribution in [2.45, 2.75) is 13.3 Å². The highest BCUT2D eigenvalue weighted by Crippen LogP contribution is 2.34. The van der Waals surface area contributed by atoms with Crippen molar-refractivity contribution in [3.05, 3.63) is 53.8 Å². The van der Waals surface area contributed by atoms with E-state index < -0.39 is 0 Å². The first-order chi connectivity index (χ1) is 11.2. The lowest BCUT2D eigenvalue weighted by atomic mass is 10.0. The van der Waals surface area contributed by atoms with Gasteiger partial charge < -0.3 is 9.47 Å². The number of pyridine rings is 1. The first-order valence-electron chi connectivity index (χ1n) is 7.61. The molecule has 23 heavy (non-hydrogen) atoms. The summed E-state index contributed by atoms with van der Waals surface area (Å²) >= 11 is 0. The van der Waals surface area contributed by atoms with Gasteiger partial charge in [-0.3, -0.25) is 4.79 Å². The quantitative estimate of drug-likeness (QED) is 0.529. The van der Waals surface area contributed by atoms with Crippen LogP contribution in [0, 0.1) is 0 Å². The van der Waals surface area contributed by atoms with Gasteiger partial charge in [0, 0.05) is 22.8 Å². The average Bonchev–Trinajstić information content (AvgIpc) is 2.60. The maximum absolute atomic E-state index is 11.5. The van der Waals surface area contributed by atoms with E-state index in [0.717, 1.165) is 33.1 Å². The number of para-hydroxylation sites is 1. The Kier molecular flexibility index (Phi) is 3.23. The Morgan fingerprint density at radius 3 is 2.96 bits per heavy atom. The fourth-order valence-electron chi connectivity index (χ4n) is 2.74. The van der Waals surface area contributed by atoms with Crippen molar-refractivity contribution >= 4 is 33.9 Å². The number of carbonyl (C=O) groups excluding carboxylic acids is 1. The van der Waals surface area contributed by atoms with E-state index in [1.54, 1.807) is 6.92 Å². The maximum atomic E-state index is 11.5. The summed E-state index contributed by atoms with van der Waals surface area (Å²) in [5, 5.41) is 2.13. The predicted octanol–water partition coefficient (Wildman–Crippen LogP) is 4.07. The minimum atomic E-state index is -0.262. The fraction of sp³-hybridized carbons (Fsp3) is 0.158. The lowest BCUT2D eigenvalue weighted by Crippen LogP contribution is -2.13. The largest absolute Gasteiger partial charge is 0.485 e. The Hall–Kier alpha value is -2.88. The van der Waals surface area contributed by atoms with Gasteiger partial charge in [-0.2, -0.15) is 0 Å². The zero-order chi connectivity index (χ0) is 15.8. The minimum absolute atomic E-state index is 0.262. The van der Waals surface area contributed by atoms with Crippen molar-refractivity contribution < 1.29 is 14.3 Å². The minimum Gasteiger partial charge on any atom is -0.485 e. The van der Waals surface area contributed by atoms with E-state index in [1.807, 2.05) is 42.5 Å². The predicted molar refractivity (Wildman–Crippen MR) is 89.1 cm³/mol. The third-order valence-electron chi connectivity index (χ3n) is 3.90. The van der Waals surface area contributed by atoms with E-state index in [4.69, 9.17) is 14.5 Å². The summed E-state index contributed by atoms with van der Waals surface area (Å²) in [6.07, 6.45) is 2.19. The average molecular weight is 305 g/mol. The number of carbonyl (C=O) groups is 1. The van der Waals surface area contributed by atoms with Crippen LogP contribution in [0.25, 0.3) is 27.9 Å². The van der Waals surface area contributed by atoms with Gasteiger partial charge in [-0.05, 0) is 30.3 Å². The Morgan fingerprint density at radius 1 is 1.22 bits per heavy atom. The van der Waals surface area contributed by atoms with E-state index in [9.17, 15) is 4.79 Å². The van der Waals surface area contributed by atoms with Gasteiger partial charge in [-0.25, -0.2) is 4.98 Å². The fourth-order valence-corrected chi connectivity index (χ4v) is 2.74. The molecule has 0 unspecified atom stereocenters. The molecule has 0 amide bonds. The second kappa shape index (κ2) is 5.39. The second-order valence-corrected chi connectivity index (χ2v) is 5.46. The third-order valence-corrected chi connectivity index (χ3v) is 3.90. The molecular formula is C19H15NO3. The molecule has 1 aromatic heterocycles. The molecule has 4 heteroatoms. The molecule has 0 spiro atoms. The van der Waals surface area contributed by atoms with Gasteiger partial charge in [0.1, 0.15) is 18.1 Å².